The second-order valence-electron chi connectivity index (χ2n) is 6.80. The van der Waals surface area contributed by atoms with Gasteiger partial charge in [0, 0.05) is 6.54 Å². The molecule has 0 saturated heterocycles. The second kappa shape index (κ2) is 10.4. The first kappa shape index (κ1) is 21.4. The highest BCUT2D eigenvalue weighted by atomic mass is 16.5. The molecule has 2 aromatic rings. The first-order valence-corrected chi connectivity index (χ1v) is 9.36. The van der Waals surface area contributed by atoms with E-state index in [9.17, 15) is 4.79 Å². The van der Waals surface area contributed by atoms with Gasteiger partial charge in [-0.05, 0) is 29.5 Å². The van der Waals surface area contributed by atoms with Gasteiger partial charge in [-0.15, -0.1) is 0 Å². The Hall–Kier alpha value is -2.95. The van der Waals surface area contributed by atoms with Crippen molar-refractivity contribution in [3.05, 3.63) is 53.1 Å². The number of anilines is 1. The van der Waals surface area contributed by atoms with Crippen molar-refractivity contribution >= 4 is 23.8 Å². The summed E-state index contributed by atoms with van der Waals surface area (Å²) in [6.45, 7) is 5.06. The molecule has 0 heterocycles. The first-order chi connectivity index (χ1) is 13.5. The third-order valence-corrected chi connectivity index (χ3v) is 4.37. The minimum absolute atomic E-state index is 0.366. The molecule has 0 unspecified atom stereocenters. The summed E-state index contributed by atoms with van der Waals surface area (Å²) in [5, 5.41) is 3.35. The third kappa shape index (κ3) is 5.28. The van der Waals surface area contributed by atoms with Crippen LogP contribution in [-0.2, 0) is 4.74 Å². The number of nitrogens with one attached hydrogen (secondary N) is 1. The molecule has 28 heavy (non-hydrogen) atoms. The average molecular weight is 383 g/mol. The summed E-state index contributed by atoms with van der Waals surface area (Å²) in [6, 6.07) is 11.7. The zero-order valence-corrected chi connectivity index (χ0v) is 17.2. The Morgan fingerprint density at radius 3 is 2.36 bits per heavy atom. The van der Waals surface area contributed by atoms with Gasteiger partial charge in [0.1, 0.15) is 17.0 Å². The van der Waals surface area contributed by atoms with Crippen LogP contribution >= 0.6 is 0 Å². The molecule has 0 aliphatic rings. The van der Waals surface area contributed by atoms with E-state index in [-0.39, 0.29) is 0 Å². The van der Waals surface area contributed by atoms with Gasteiger partial charge in [0.05, 0.1) is 21.3 Å². The molecule has 0 bridgehead atoms. The number of ether oxygens (including phenoxy) is 3. The molecule has 0 saturated carbocycles. The smallest absolute Gasteiger partial charge is 0.342 e. The van der Waals surface area contributed by atoms with Gasteiger partial charge in [-0.1, -0.05) is 56.3 Å². The lowest BCUT2D eigenvalue weighted by Gasteiger charge is -2.20. The normalized spacial score (nSPS) is 10.9. The van der Waals surface area contributed by atoms with Crippen LogP contribution in [0.2, 0.25) is 0 Å². The lowest BCUT2D eigenvalue weighted by molar-refractivity contribution is 0.0597. The fourth-order valence-corrected chi connectivity index (χ4v) is 2.87. The molecule has 5 heteroatoms. The second-order valence-corrected chi connectivity index (χ2v) is 6.80. The summed E-state index contributed by atoms with van der Waals surface area (Å²) in [5.74, 6) is 1.13. The molecule has 0 fully saturated rings. The van der Waals surface area contributed by atoms with Gasteiger partial charge in [-0.25, -0.2) is 4.79 Å². The van der Waals surface area contributed by atoms with Crippen molar-refractivity contribution in [2.75, 3.05) is 33.2 Å². The van der Waals surface area contributed by atoms with E-state index in [0.717, 1.165) is 18.5 Å². The zero-order chi connectivity index (χ0) is 20.5. The highest BCUT2D eigenvalue weighted by molar-refractivity contribution is 6.01. The largest absolute Gasteiger partial charge is 0.494 e. The quantitative estimate of drug-likeness (QED) is 0.481. The molecule has 0 aliphatic carbocycles. The Kier molecular flexibility index (Phi) is 7.93. The maximum atomic E-state index is 12.6. The standard InChI is InChI=1S/C23H29NO4/c1-16(2)13-14-24-21-19(26-3)15-18(12-11-17-9-7-6-8-10-17)20(22(21)27-4)23(25)28-5/h6-12,15-16,24H,13-14H2,1-5H3/b12-11+. The van der Waals surface area contributed by atoms with Crippen molar-refractivity contribution in [2.24, 2.45) is 5.92 Å². The Balaban J connectivity index is 2.54. The van der Waals surface area contributed by atoms with Gasteiger partial charge in [-0.2, -0.15) is 0 Å². The Labute approximate surface area is 167 Å². The van der Waals surface area contributed by atoms with Crippen LogP contribution in [0.5, 0.6) is 11.5 Å². The molecule has 5 nitrogen and oxygen atoms in total. The van der Waals surface area contributed by atoms with Crippen molar-refractivity contribution in [3.63, 3.8) is 0 Å². The summed E-state index contributed by atoms with van der Waals surface area (Å²) in [6.07, 6.45) is 4.78. The van der Waals surface area contributed by atoms with E-state index in [0.29, 0.717) is 34.2 Å². The number of benzene rings is 2. The van der Waals surface area contributed by atoms with Crippen LogP contribution in [0.1, 0.15) is 41.8 Å². The number of esters is 1. The molecule has 2 aromatic carbocycles. The number of hydrogen-bond acceptors (Lipinski definition) is 5. The summed E-state index contributed by atoms with van der Waals surface area (Å²) in [4.78, 5) is 12.6. The molecule has 0 atom stereocenters. The van der Waals surface area contributed by atoms with E-state index in [1.807, 2.05) is 48.6 Å². The Morgan fingerprint density at radius 2 is 1.79 bits per heavy atom. The van der Waals surface area contributed by atoms with E-state index in [1.165, 1.54) is 7.11 Å². The van der Waals surface area contributed by atoms with Crippen molar-refractivity contribution in [1.29, 1.82) is 0 Å². The van der Waals surface area contributed by atoms with Crippen LogP contribution in [0.4, 0.5) is 5.69 Å². The third-order valence-electron chi connectivity index (χ3n) is 4.37. The molecule has 0 aliphatic heterocycles. The maximum Gasteiger partial charge on any atom is 0.342 e. The van der Waals surface area contributed by atoms with Gasteiger partial charge in [-0.3, -0.25) is 0 Å². The summed E-state index contributed by atoms with van der Waals surface area (Å²) in [7, 11) is 4.51. The molecule has 1 N–H and O–H groups in total. The SMILES string of the molecule is COC(=O)c1c(/C=C/c2ccccc2)cc(OC)c(NCCC(C)C)c1OC. The van der Waals surface area contributed by atoms with Crippen LogP contribution in [0.25, 0.3) is 12.2 Å². The van der Waals surface area contributed by atoms with Crippen LogP contribution in [-0.4, -0.2) is 33.8 Å². The predicted molar refractivity (Wildman–Crippen MR) is 114 cm³/mol. The van der Waals surface area contributed by atoms with E-state index in [4.69, 9.17) is 14.2 Å². The van der Waals surface area contributed by atoms with Crippen LogP contribution in [0.15, 0.2) is 36.4 Å². The molecule has 2 rings (SSSR count). The number of methoxy groups -OCH3 is 3. The molecular weight excluding hydrogens is 354 g/mol. The Morgan fingerprint density at radius 1 is 1.07 bits per heavy atom. The highest BCUT2D eigenvalue weighted by Crippen LogP contribution is 2.41. The van der Waals surface area contributed by atoms with Crippen LogP contribution < -0.4 is 14.8 Å². The van der Waals surface area contributed by atoms with E-state index >= 15 is 0 Å². The number of rotatable bonds is 9. The minimum Gasteiger partial charge on any atom is -0.494 e. The highest BCUT2D eigenvalue weighted by Gasteiger charge is 2.24. The van der Waals surface area contributed by atoms with Gasteiger partial charge in [0.2, 0.25) is 0 Å². The van der Waals surface area contributed by atoms with E-state index < -0.39 is 5.97 Å². The van der Waals surface area contributed by atoms with Crippen LogP contribution in [0.3, 0.4) is 0 Å². The predicted octanol–water partition coefficient (Wildman–Crippen LogP) is 5.12. The maximum absolute atomic E-state index is 12.6. The number of carbonyl (C=O) groups excluding carboxylic acids is 1. The monoisotopic (exact) mass is 383 g/mol. The van der Waals surface area contributed by atoms with Crippen molar-refractivity contribution in [2.45, 2.75) is 20.3 Å². The van der Waals surface area contributed by atoms with Crippen molar-refractivity contribution in [3.8, 4) is 11.5 Å². The summed E-state index contributed by atoms with van der Waals surface area (Å²) >= 11 is 0. The fourth-order valence-electron chi connectivity index (χ4n) is 2.87. The average Bonchev–Trinajstić information content (AvgIpc) is 2.71. The molecule has 0 radical (unpaired) electrons. The zero-order valence-electron chi connectivity index (χ0n) is 17.2. The lowest BCUT2D eigenvalue weighted by Crippen LogP contribution is -2.12. The summed E-state index contributed by atoms with van der Waals surface area (Å²) in [5.41, 5.74) is 2.71. The van der Waals surface area contributed by atoms with Gasteiger partial charge >= 0.3 is 5.97 Å². The number of hydrogen-bond donors (Lipinski definition) is 1. The lowest BCUT2D eigenvalue weighted by atomic mass is 10.0. The summed E-state index contributed by atoms with van der Waals surface area (Å²) < 4.78 is 16.2. The van der Waals surface area contributed by atoms with E-state index in [1.54, 1.807) is 14.2 Å². The van der Waals surface area contributed by atoms with E-state index in [2.05, 4.69) is 19.2 Å². The van der Waals surface area contributed by atoms with Crippen molar-refractivity contribution in [1.82, 2.24) is 0 Å². The van der Waals surface area contributed by atoms with Gasteiger partial charge in [0.15, 0.2) is 5.75 Å². The van der Waals surface area contributed by atoms with Crippen LogP contribution in [0, 0.1) is 5.92 Å². The molecule has 0 amide bonds. The Bertz CT molecular complexity index is 813. The molecule has 0 spiro atoms. The number of carbonyl (C=O) groups is 1. The first-order valence-electron chi connectivity index (χ1n) is 9.36. The van der Waals surface area contributed by atoms with Gasteiger partial charge < -0.3 is 19.5 Å². The topological polar surface area (TPSA) is 56.8 Å². The van der Waals surface area contributed by atoms with Gasteiger partial charge in [0.25, 0.3) is 0 Å². The molecule has 150 valence electrons. The minimum atomic E-state index is -0.459. The molecule has 0 aromatic heterocycles. The molecular formula is C23H29NO4. The van der Waals surface area contributed by atoms with Crippen molar-refractivity contribution < 1.29 is 19.0 Å². The fraction of sp³-hybridized carbons (Fsp3) is 0.348.